The van der Waals surface area contributed by atoms with Crippen molar-refractivity contribution in [3.05, 3.63) is 23.8 Å². The molecule has 0 aliphatic carbocycles. The zero-order chi connectivity index (χ0) is 15.8. The molecular weight excluding hydrogens is 292 g/mol. The van der Waals surface area contributed by atoms with E-state index in [4.69, 9.17) is 21.1 Å². The smallest absolute Gasteiger partial charge is 0.238 e. The lowest BCUT2D eigenvalue weighted by Crippen LogP contribution is -2.29. The van der Waals surface area contributed by atoms with E-state index in [2.05, 4.69) is 5.32 Å². The van der Waals surface area contributed by atoms with Gasteiger partial charge in [0.15, 0.2) is 11.5 Å². The van der Waals surface area contributed by atoms with E-state index in [1.807, 2.05) is 37.2 Å². The van der Waals surface area contributed by atoms with E-state index in [1.165, 1.54) is 0 Å². The second-order valence-corrected chi connectivity index (χ2v) is 5.59. The van der Waals surface area contributed by atoms with E-state index in [-0.39, 0.29) is 5.91 Å². The van der Waals surface area contributed by atoms with Crippen molar-refractivity contribution in [2.75, 3.05) is 34.4 Å². The predicted molar refractivity (Wildman–Crippen MR) is 84.2 cm³/mol. The van der Waals surface area contributed by atoms with E-state index in [1.54, 1.807) is 14.0 Å². The number of nitrogens with one attached hydrogen (secondary N) is 1. The van der Waals surface area contributed by atoms with E-state index in [0.29, 0.717) is 24.7 Å². The van der Waals surface area contributed by atoms with Crippen LogP contribution in [0.1, 0.15) is 12.5 Å². The van der Waals surface area contributed by atoms with Gasteiger partial charge in [-0.05, 0) is 27.1 Å². The minimum atomic E-state index is -0.561. The molecule has 1 aromatic carbocycles. The first kappa shape index (κ1) is 17.6. The molecule has 1 atom stereocenters. The summed E-state index contributed by atoms with van der Waals surface area (Å²) in [6.07, 6.45) is 0. The second kappa shape index (κ2) is 8.74. The lowest BCUT2D eigenvalue weighted by Gasteiger charge is -2.17. The highest BCUT2D eigenvalue weighted by molar-refractivity contribution is 6.30. The van der Waals surface area contributed by atoms with Crippen LogP contribution < -0.4 is 14.8 Å². The maximum absolute atomic E-state index is 11.6. The van der Waals surface area contributed by atoms with E-state index < -0.39 is 5.38 Å². The van der Waals surface area contributed by atoms with Gasteiger partial charge in [0.25, 0.3) is 0 Å². The van der Waals surface area contributed by atoms with Crippen LogP contribution in [0.5, 0.6) is 11.5 Å². The molecule has 0 spiro atoms. The number of rotatable bonds is 8. The van der Waals surface area contributed by atoms with Gasteiger partial charge in [-0.2, -0.15) is 0 Å². The maximum Gasteiger partial charge on any atom is 0.238 e. The van der Waals surface area contributed by atoms with Gasteiger partial charge in [0.2, 0.25) is 5.91 Å². The predicted octanol–water partition coefficient (Wildman–Crippen LogP) is 1.88. The molecule has 21 heavy (non-hydrogen) atoms. The van der Waals surface area contributed by atoms with Gasteiger partial charge >= 0.3 is 0 Å². The van der Waals surface area contributed by atoms with Crippen LogP contribution in [0.15, 0.2) is 18.2 Å². The van der Waals surface area contributed by atoms with Crippen molar-refractivity contribution in [1.82, 2.24) is 10.2 Å². The Hall–Kier alpha value is -1.46. The number of amides is 1. The van der Waals surface area contributed by atoms with E-state index >= 15 is 0 Å². The fraction of sp³-hybridized carbons (Fsp3) is 0.533. The molecular formula is C15H23ClN2O3. The van der Waals surface area contributed by atoms with Crippen molar-refractivity contribution < 1.29 is 14.3 Å². The lowest BCUT2D eigenvalue weighted by atomic mass is 10.2. The number of methoxy groups -OCH3 is 1. The van der Waals surface area contributed by atoms with Gasteiger partial charge in [0.1, 0.15) is 12.0 Å². The van der Waals surface area contributed by atoms with Crippen LogP contribution in [-0.2, 0) is 11.3 Å². The largest absolute Gasteiger partial charge is 0.493 e. The molecule has 0 saturated heterocycles. The summed E-state index contributed by atoms with van der Waals surface area (Å²) in [5, 5.41) is 2.21. The summed E-state index contributed by atoms with van der Waals surface area (Å²) in [4.78, 5) is 13.6. The number of halogens is 1. The standard InChI is InChI=1S/C15H23ClN2O3/c1-11(16)15(19)17-10-12-6-5-7-13(20-4)14(12)21-9-8-18(2)3/h5-7,11H,8-10H2,1-4H3,(H,17,19). The molecule has 0 bridgehead atoms. The first-order valence-electron chi connectivity index (χ1n) is 6.81. The Morgan fingerprint density at radius 1 is 1.43 bits per heavy atom. The molecule has 6 heteroatoms. The number of likely N-dealkylation sites (N-methyl/N-ethyl adjacent to an activating group) is 1. The van der Waals surface area contributed by atoms with Gasteiger partial charge in [-0.3, -0.25) is 4.79 Å². The Labute approximate surface area is 131 Å². The van der Waals surface area contributed by atoms with Crippen LogP contribution in [0.4, 0.5) is 0 Å². The number of nitrogens with zero attached hydrogens (tertiary/aromatic N) is 1. The molecule has 1 rings (SSSR count). The average molecular weight is 315 g/mol. The molecule has 5 nitrogen and oxygen atoms in total. The van der Waals surface area contributed by atoms with Crippen molar-refractivity contribution in [1.29, 1.82) is 0 Å². The van der Waals surface area contributed by atoms with Crippen molar-refractivity contribution in [3.8, 4) is 11.5 Å². The summed E-state index contributed by atoms with van der Waals surface area (Å²) in [7, 11) is 5.56. The molecule has 0 radical (unpaired) electrons. The summed E-state index contributed by atoms with van der Waals surface area (Å²) < 4.78 is 11.1. The summed E-state index contributed by atoms with van der Waals surface area (Å²) >= 11 is 5.74. The molecule has 0 fully saturated rings. The van der Waals surface area contributed by atoms with Gasteiger partial charge in [-0.25, -0.2) is 0 Å². The Bertz CT molecular complexity index is 464. The molecule has 0 aromatic heterocycles. The van der Waals surface area contributed by atoms with Crippen LogP contribution >= 0.6 is 11.6 Å². The number of hydrogen-bond acceptors (Lipinski definition) is 4. The van der Waals surface area contributed by atoms with Crippen LogP contribution in [0.25, 0.3) is 0 Å². The number of ether oxygens (including phenoxy) is 2. The average Bonchev–Trinajstić information content (AvgIpc) is 2.44. The monoisotopic (exact) mass is 314 g/mol. The third-order valence-corrected chi connectivity index (χ3v) is 3.08. The number of hydrogen-bond donors (Lipinski definition) is 1. The Morgan fingerprint density at radius 3 is 2.71 bits per heavy atom. The highest BCUT2D eigenvalue weighted by Gasteiger charge is 2.13. The molecule has 1 N–H and O–H groups in total. The fourth-order valence-electron chi connectivity index (χ4n) is 1.68. The van der Waals surface area contributed by atoms with E-state index in [0.717, 1.165) is 12.1 Å². The number of benzene rings is 1. The maximum atomic E-state index is 11.6. The number of alkyl halides is 1. The van der Waals surface area contributed by atoms with Crippen molar-refractivity contribution >= 4 is 17.5 Å². The highest BCUT2D eigenvalue weighted by atomic mass is 35.5. The SMILES string of the molecule is COc1cccc(CNC(=O)C(C)Cl)c1OCCN(C)C. The van der Waals surface area contributed by atoms with Crippen LogP contribution in [-0.4, -0.2) is 50.5 Å². The zero-order valence-corrected chi connectivity index (χ0v) is 13.7. The summed E-state index contributed by atoms with van der Waals surface area (Å²) in [5.41, 5.74) is 0.860. The highest BCUT2D eigenvalue weighted by Crippen LogP contribution is 2.31. The molecule has 118 valence electrons. The minimum Gasteiger partial charge on any atom is -0.493 e. The molecule has 0 aliphatic rings. The van der Waals surface area contributed by atoms with Gasteiger partial charge in [0.05, 0.1) is 7.11 Å². The van der Waals surface area contributed by atoms with Crippen molar-refractivity contribution in [2.45, 2.75) is 18.8 Å². The van der Waals surface area contributed by atoms with Gasteiger partial charge in [-0.15, -0.1) is 11.6 Å². The van der Waals surface area contributed by atoms with Gasteiger partial charge in [-0.1, -0.05) is 12.1 Å². The quantitative estimate of drug-likeness (QED) is 0.744. The third kappa shape index (κ3) is 5.81. The van der Waals surface area contributed by atoms with Crippen molar-refractivity contribution in [2.24, 2.45) is 0 Å². The molecule has 1 unspecified atom stereocenters. The second-order valence-electron chi connectivity index (χ2n) is 4.93. The number of carbonyl (C=O) groups excluding carboxylic acids is 1. The van der Waals surface area contributed by atoms with Gasteiger partial charge < -0.3 is 19.7 Å². The summed E-state index contributed by atoms with van der Waals surface area (Å²) in [6.45, 7) is 3.32. The Morgan fingerprint density at radius 2 is 2.14 bits per heavy atom. The molecule has 0 saturated carbocycles. The first-order valence-corrected chi connectivity index (χ1v) is 7.24. The third-order valence-electron chi connectivity index (χ3n) is 2.88. The van der Waals surface area contributed by atoms with Crippen LogP contribution in [0, 0.1) is 0 Å². The summed E-state index contributed by atoms with van der Waals surface area (Å²) in [6, 6.07) is 5.59. The van der Waals surface area contributed by atoms with Gasteiger partial charge in [0, 0.05) is 18.7 Å². The van der Waals surface area contributed by atoms with Crippen molar-refractivity contribution in [3.63, 3.8) is 0 Å². The zero-order valence-electron chi connectivity index (χ0n) is 13.0. The van der Waals surface area contributed by atoms with Crippen LogP contribution in [0.3, 0.4) is 0 Å². The topological polar surface area (TPSA) is 50.8 Å². The lowest BCUT2D eigenvalue weighted by molar-refractivity contribution is -0.120. The number of para-hydroxylation sites is 1. The Balaban J connectivity index is 2.79. The molecule has 1 aromatic rings. The minimum absolute atomic E-state index is 0.210. The normalized spacial score (nSPS) is 12.1. The van der Waals surface area contributed by atoms with Crippen LogP contribution in [0.2, 0.25) is 0 Å². The molecule has 0 heterocycles. The fourth-order valence-corrected chi connectivity index (χ4v) is 1.76. The molecule has 1 amide bonds. The summed E-state index contributed by atoms with van der Waals surface area (Å²) in [5.74, 6) is 1.10. The Kier molecular flexibility index (Phi) is 7.32. The number of carbonyl (C=O) groups is 1. The first-order chi connectivity index (χ1) is 9.95. The van der Waals surface area contributed by atoms with E-state index in [9.17, 15) is 4.79 Å². The molecule has 0 aliphatic heterocycles.